The molecule has 0 radical (unpaired) electrons. The number of rotatable bonds is 7. The van der Waals surface area contributed by atoms with Crippen LogP contribution in [0, 0.1) is 0 Å². The molecule has 3 aromatic rings. The van der Waals surface area contributed by atoms with Gasteiger partial charge in [-0.15, -0.1) is 0 Å². The molecule has 0 atom stereocenters. The molecule has 9 heteroatoms. The van der Waals surface area contributed by atoms with Crippen LogP contribution in [-0.4, -0.2) is 28.7 Å². The first-order valence-corrected chi connectivity index (χ1v) is 9.05. The monoisotopic (exact) mass is 407 g/mol. The fraction of sp³-hybridized carbons (Fsp3) is 0.300. The molecule has 0 aliphatic rings. The Labute approximate surface area is 165 Å². The Kier molecular flexibility index (Phi) is 5.95. The third-order valence-electron chi connectivity index (χ3n) is 4.04. The topological polar surface area (TPSA) is 65.4 Å². The minimum absolute atomic E-state index is 0.173. The van der Waals surface area contributed by atoms with Crippen molar-refractivity contribution in [2.75, 3.05) is 18.5 Å². The van der Waals surface area contributed by atoms with E-state index in [1.165, 1.54) is 12.1 Å². The van der Waals surface area contributed by atoms with Gasteiger partial charge in [0.25, 0.3) is 0 Å². The van der Waals surface area contributed by atoms with Crippen LogP contribution in [0.15, 0.2) is 42.5 Å². The number of imidazole rings is 1. The Bertz CT molecular complexity index is 1020. The summed E-state index contributed by atoms with van der Waals surface area (Å²) in [5.74, 6) is -0.774. The standard InChI is InChI=1S/C20H20F3N3O3/c1-3-28-16-10-9-13(11-17(16)29-4-2)24-18(27)12-26-15-8-6-5-7-14(15)25-19(26)20(21,22)23/h5-11H,3-4,12H2,1-2H3,(H,24,27). The fourth-order valence-electron chi connectivity index (χ4n) is 2.92. The summed E-state index contributed by atoms with van der Waals surface area (Å²) in [4.78, 5) is 16.1. The quantitative estimate of drug-likeness (QED) is 0.627. The van der Waals surface area contributed by atoms with Gasteiger partial charge in [-0.05, 0) is 38.1 Å². The molecule has 0 spiro atoms. The lowest BCUT2D eigenvalue weighted by molar-refractivity contribution is -0.147. The van der Waals surface area contributed by atoms with Crippen LogP contribution in [0.3, 0.4) is 0 Å². The van der Waals surface area contributed by atoms with Gasteiger partial charge in [0.05, 0.1) is 24.2 Å². The van der Waals surface area contributed by atoms with Gasteiger partial charge in [-0.2, -0.15) is 13.2 Å². The number of carbonyl (C=O) groups excluding carboxylic acids is 1. The third kappa shape index (κ3) is 4.61. The zero-order valence-electron chi connectivity index (χ0n) is 15.9. The van der Waals surface area contributed by atoms with Crippen molar-refractivity contribution in [1.82, 2.24) is 9.55 Å². The van der Waals surface area contributed by atoms with Gasteiger partial charge in [0.15, 0.2) is 11.5 Å². The molecule has 1 N–H and O–H groups in total. The van der Waals surface area contributed by atoms with Crippen molar-refractivity contribution in [3.8, 4) is 11.5 Å². The third-order valence-corrected chi connectivity index (χ3v) is 4.04. The van der Waals surface area contributed by atoms with E-state index in [4.69, 9.17) is 9.47 Å². The van der Waals surface area contributed by atoms with Gasteiger partial charge < -0.3 is 19.4 Å². The number of amides is 1. The molecule has 0 saturated heterocycles. The summed E-state index contributed by atoms with van der Waals surface area (Å²) in [5.41, 5.74) is 0.795. The van der Waals surface area contributed by atoms with E-state index in [1.807, 2.05) is 13.8 Å². The second-order valence-corrected chi connectivity index (χ2v) is 6.08. The molecule has 29 heavy (non-hydrogen) atoms. The van der Waals surface area contributed by atoms with E-state index in [9.17, 15) is 18.0 Å². The molecule has 1 aromatic heterocycles. The van der Waals surface area contributed by atoms with Crippen LogP contribution >= 0.6 is 0 Å². The number of hydrogen-bond donors (Lipinski definition) is 1. The number of carbonyl (C=O) groups is 1. The number of anilines is 1. The molecule has 0 unspecified atom stereocenters. The van der Waals surface area contributed by atoms with Crippen LogP contribution in [0.25, 0.3) is 11.0 Å². The number of hydrogen-bond acceptors (Lipinski definition) is 4. The number of para-hydroxylation sites is 2. The highest BCUT2D eigenvalue weighted by Crippen LogP contribution is 2.32. The van der Waals surface area contributed by atoms with Crippen LogP contribution in [0.5, 0.6) is 11.5 Å². The van der Waals surface area contributed by atoms with E-state index < -0.39 is 24.5 Å². The normalized spacial score (nSPS) is 11.5. The molecule has 0 fully saturated rings. The van der Waals surface area contributed by atoms with Crippen LogP contribution < -0.4 is 14.8 Å². The largest absolute Gasteiger partial charge is 0.490 e. The van der Waals surface area contributed by atoms with Crippen LogP contribution in [0.1, 0.15) is 19.7 Å². The molecule has 2 aromatic carbocycles. The molecule has 0 aliphatic carbocycles. The van der Waals surface area contributed by atoms with Gasteiger partial charge in [0.2, 0.25) is 11.7 Å². The fourth-order valence-corrected chi connectivity index (χ4v) is 2.92. The summed E-state index contributed by atoms with van der Waals surface area (Å²) in [5, 5.41) is 2.60. The number of fused-ring (bicyclic) bond motifs is 1. The predicted molar refractivity (Wildman–Crippen MR) is 102 cm³/mol. The van der Waals surface area contributed by atoms with Crippen molar-refractivity contribution in [2.24, 2.45) is 0 Å². The lowest BCUT2D eigenvalue weighted by Crippen LogP contribution is -2.23. The zero-order chi connectivity index (χ0) is 21.0. The summed E-state index contributed by atoms with van der Waals surface area (Å²) in [7, 11) is 0. The average Bonchev–Trinajstić information content (AvgIpc) is 3.03. The molecule has 0 bridgehead atoms. The van der Waals surface area contributed by atoms with Gasteiger partial charge >= 0.3 is 6.18 Å². The highest BCUT2D eigenvalue weighted by Gasteiger charge is 2.38. The lowest BCUT2D eigenvalue weighted by Gasteiger charge is -2.14. The summed E-state index contributed by atoms with van der Waals surface area (Å²) in [6, 6.07) is 11.0. The number of nitrogens with one attached hydrogen (secondary N) is 1. The van der Waals surface area contributed by atoms with E-state index in [-0.39, 0.29) is 11.0 Å². The van der Waals surface area contributed by atoms with Crippen molar-refractivity contribution in [2.45, 2.75) is 26.6 Å². The number of nitrogens with zero attached hydrogens (tertiary/aromatic N) is 2. The number of alkyl halides is 3. The summed E-state index contributed by atoms with van der Waals surface area (Å²) >= 11 is 0. The molecule has 0 saturated carbocycles. The Morgan fingerprint density at radius 3 is 2.45 bits per heavy atom. The first-order chi connectivity index (χ1) is 13.8. The highest BCUT2D eigenvalue weighted by atomic mass is 19.4. The number of ether oxygens (including phenoxy) is 2. The minimum Gasteiger partial charge on any atom is -0.490 e. The smallest absolute Gasteiger partial charge is 0.449 e. The van der Waals surface area contributed by atoms with Crippen molar-refractivity contribution >= 4 is 22.6 Å². The Balaban J connectivity index is 1.85. The lowest BCUT2D eigenvalue weighted by atomic mass is 10.2. The number of benzene rings is 2. The first-order valence-electron chi connectivity index (χ1n) is 9.05. The Hall–Kier alpha value is -3.23. The molecular weight excluding hydrogens is 387 g/mol. The predicted octanol–water partition coefficient (Wildman–Crippen LogP) is 4.49. The first kappa shape index (κ1) is 20.5. The van der Waals surface area contributed by atoms with Gasteiger partial charge in [0.1, 0.15) is 6.54 Å². The van der Waals surface area contributed by atoms with E-state index in [0.29, 0.717) is 30.4 Å². The van der Waals surface area contributed by atoms with Gasteiger partial charge in [0, 0.05) is 11.8 Å². The Morgan fingerprint density at radius 2 is 1.76 bits per heavy atom. The zero-order valence-corrected chi connectivity index (χ0v) is 15.9. The number of aromatic nitrogens is 2. The summed E-state index contributed by atoms with van der Waals surface area (Å²) < 4.78 is 51.9. The maximum absolute atomic E-state index is 13.4. The molecule has 1 amide bonds. The SMILES string of the molecule is CCOc1ccc(NC(=O)Cn2c(C(F)(F)F)nc3ccccc32)cc1OCC. The molecule has 6 nitrogen and oxygen atoms in total. The molecule has 3 rings (SSSR count). The van der Waals surface area contributed by atoms with Gasteiger partial charge in [-0.3, -0.25) is 4.79 Å². The highest BCUT2D eigenvalue weighted by molar-refractivity contribution is 5.92. The summed E-state index contributed by atoms with van der Waals surface area (Å²) in [6.07, 6.45) is -4.68. The maximum Gasteiger partial charge on any atom is 0.449 e. The Morgan fingerprint density at radius 1 is 1.07 bits per heavy atom. The molecule has 1 heterocycles. The van der Waals surface area contributed by atoms with E-state index >= 15 is 0 Å². The van der Waals surface area contributed by atoms with E-state index in [2.05, 4.69) is 10.3 Å². The van der Waals surface area contributed by atoms with Crippen LogP contribution in [-0.2, 0) is 17.5 Å². The van der Waals surface area contributed by atoms with Gasteiger partial charge in [-0.25, -0.2) is 4.98 Å². The summed E-state index contributed by atoms with van der Waals surface area (Å²) in [6.45, 7) is 3.95. The van der Waals surface area contributed by atoms with Crippen LogP contribution in [0.4, 0.5) is 18.9 Å². The van der Waals surface area contributed by atoms with E-state index in [1.54, 1.807) is 30.3 Å². The maximum atomic E-state index is 13.4. The van der Waals surface area contributed by atoms with Crippen molar-refractivity contribution in [3.63, 3.8) is 0 Å². The molecule has 0 aliphatic heterocycles. The minimum atomic E-state index is -4.68. The second-order valence-electron chi connectivity index (χ2n) is 6.08. The second kappa shape index (κ2) is 8.42. The van der Waals surface area contributed by atoms with Crippen LogP contribution in [0.2, 0.25) is 0 Å². The van der Waals surface area contributed by atoms with Crippen molar-refractivity contribution in [1.29, 1.82) is 0 Å². The average molecular weight is 407 g/mol. The van der Waals surface area contributed by atoms with Crippen molar-refractivity contribution in [3.05, 3.63) is 48.3 Å². The molecular formula is C20H20F3N3O3. The number of halogens is 3. The molecule has 154 valence electrons. The van der Waals surface area contributed by atoms with Crippen molar-refractivity contribution < 1.29 is 27.4 Å². The van der Waals surface area contributed by atoms with E-state index in [0.717, 1.165) is 4.57 Å². The van der Waals surface area contributed by atoms with Gasteiger partial charge in [-0.1, -0.05) is 12.1 Å².